The van der Waals surface area contributed by atoms with Gasteiger partial charge in [0.25, 0.3) is 70.8 Å². The van der Waals surface area contributed by atoms with E-state index in [1.807, 2.05) is 0 Å². The van der Waals surface area contributed by atoms with Gasteiger partial charge in [-0.05, 0) is 0 Å². The minimum Gasteiger partial charge on any atom is -0.263 e. The van der Waals surface area contributed by atoms with Crippen LogP contribution in [0.3, 0.4) is 0 Å². The maximum Gasteiger partial charge on any atom is 0.444 e. The van der Waals surface area contributed by atoms with Gasteiger partial charge in [0.1, 0.15) is 0 Å². The summed E-state index contributed by atoms with van der Waals surface area (Å²) in [6.07, 6.45) is 3.91. The number of rotatable bonds is 27. The molecular formula is C7H34O67S18. The average molecular weight is 1770 g/mol. The van der Waals surface area contributed by atoms with Crippen LogP contribution in [0.2, 0.25) is 0 Å². The van der Waals surface area contributed by atoms with Gasteiger partial charge in [-0.25, -0.2) is 21.0 Å². The highest BCUT2D eigenvalue weighted by molar-refractivity contribution is 7.98. The van der Waals surface area contributed by atoms with E-state index < -0.39 is 185 Å². The average Bonchev–Trinajstić information content (AvgIpc) is 3.23. The van der Waals surface area contributed by atoms with Crippen molar-refractivity contribution in [3.63, 3.8) is 0 Å². The zero-order valence-corrected chi connectivity index (χ0v) is 56.9. The molecule has 0 spiro atoms. The van der Waals surface area contributed by atoms with Gasteiger partial charge in [-0.15, -0.1) is 11.6 Å². The van der Waals surface area contributed by atoms with E-state index in [0.717, 1.165) is 6.26 Å². The van der Waals surface area contributed by atoms with E-state index in [0.29, 0.717) is 37.5 Å². The van der Waals surface area contributed by atoms with Crippen LogP contribution in [0.25, 0.3) is 0 Å². The first-order valence-electron chi connectivity index (χ1n) is 15.6. The molecule has 0 fully saturated rings. The molecular weight excluding hydrogens is 1730 g/mol. The number of hydrogen-bond donors (Lipinski definition) is 13. The minimum absolute atomic E-state index is 0.362. The predicted molar refractivity (Wildman–Crippen MR) is 256 cm³/mol. The summed E-state index contributed by atoms with van der Waals surface area (Å²) in [5.41, 5.74) is 0. The van der Waals surface area contributed by atoms with E-state index in [4.69, 9.17) is 71.8 Å². The first kappa shape index (κ1) is 111. The van der Waals surface area contributed by atoms with Gasteiger partial charge >= 0.3 is 114 Å². The first-order valence-corrected chi connectivity index (χ1v) is 43.2. The lowest BCUT2D eigenvalue weighted by atomic mass is 12.0. The molecule has 0 saturated carbocycles. The summed E-state index contributed by atoms with van der Waals surface area (Å²) >= 11 is 0. The van der Waals surface area contributed by atoms with Crippen molar-refractivity contribution >= 4 is 185 Å². The standard InChI is InChI=1S/C2H6O6S2.2CH4O10S3.2CH4O7S2.CH4O4S.2H2O8S2.H2O5S.H2O2/c1-9(3,4)7-8-10(2,5)6;1-12(2,3)11-14(7,8)10-9-13(4,5)6;1-12(2,3)9-10-14(7,8)11-13(4,5)6;1-9(2,3)7-8-10(4,5)6;1-9(3,4)8-10(5,6)7-2;1-6(3,4)5-2;1-9(2,3)7-8-10(4,5)6;1-7-10(5,6)8-9(2,3)4;1-5-6(2,3)4;1-2/h1-2H3;2*1H3,(H,4,5,6);1H3,(H,4,5,6);2H,1H3;2H,1H3;(H,1,2,3)(H,4,5,6);1H,(H,2,3,4);1H,(H,2,3,4);1-2H. The summed E-state index contributed by atoms with van der Waals surface area (Å²) in [5, 5.41) is 41.2. The van der Waals surface area contributed by atoms with E-state index in [-0.39, 0.29) is 0 Å². The van der Waals surface area contributed by atoms with Crippen LogP contribution in [0.15, 0.2) is 0 Å². The molecule has 0 aliphatic rings. The van der Waals surface area contributed by atoms with E-state index in [1.165, 1.54) is 0 Å². The van der Waals surface area contributed by atoms with Crippen LogP contribution in [0.1, 0.15) is 0 Å². The van der Waals surface area contributed by atoms with Gasteiger partial charge in [0.15, 0.2) is 0 Å². The molecule has 85 heteroatoms. The van der Waals surface area contributed by atoms with E-state index in [2.05, 4.69) is 75.2 Å². The Hall–Kier alpha value is -2.14. The summed E-state index contributed by atoms with van der Waals surface area (Å²) in [6.45, 7) is 0. The smallest absolute Gasteiger partial charge is 0.263 e. The van der Waals surface area contributed by atoms with Crippen molar-refractivity contribution < 1.29 is 290 Å². The summed E-state index contributed by atoms with van der Waals surface area (Å²) in [6, 6.07) is 0. The van der Waals surface area contributed by atoms with Crippen molar-refractivity contribution in [1.82, 2.24) is 0 Å². The fourth-order valence-corrected chi connectivity index (χ4v) is 8.74. The Morgan fingerprint density at radius 2 is 0.326 bits per heavy atom. The van der Waals surface area contributed by atoms with Gasteiger partial charge in [-0.3, -0.25) is 42.4 Å². The molecule has 0 aromatic heterocycles. The summed E-state index contributed by atoms with van der Waals surface area (Å²) in [5.74, 6) is 0. The molecule has 0 aromatic carbocycles. The van der Waals surface area contributed by atoms with Crippen molar-refractivity contribution in [1.29, 1.82) is 0 Å². The monoisotopic (exact) mass is 1770 g/mol. The van der Waals surface area contributed by atoms with Gasteiger partial charge in [0.2, 0.25) is 0 Å². The molecule has 0 amide bonds. The number of hydrogen-bond acceptors (Lipinski definition) is 60. The normalized spacial score (nSPS) is 13.2. The van der Waals surface area contributed by atoms with Gasteiger partial charge < -0.3 is 0 Å². The van der Waals surface area contributed by atoms with E-state index in [9.17, 15) is 143 Å². The van der Waals surface area contributed by atoms with E-state index in [1.54, 1.807) is 0 Å². The van der Waals surface area contributed by atoms with Gasteiger partial charge in [0.05, 0.1) is 43.8 Å². The van der Waals surface area contributed by atoms with Crippen LogP contribution in [-0.2, 0) is 260 Å². The lowest BCUT2D eigenvalue weighted by Crippen LogP contribution is -2.17. The fourth-order valence-electron chi connectivity index (χ4n) is 0.971. The minimum atomic E-state index is -5.34. The SMILES string of the molecule is CS(=O)(=O)OO.CS(=O)(=O)OOS(=O)(=O)O.CS(=O)(=O)OOS(=O)(=O)OS(=O)(=O)O.CS(=O)(=O)OOS(C)(=O)=O.CS(=O)(=O)OS(=O)(=O)OO.CS(=O)(=O)OS(=O)(=O)OOS(=O)(=O)O.O=S(=O)(O)OO.O=S(=O)(O)OOS(=O)(=O)O.O=S(=O)(O)OS(=O)(=O)OO.OO. The molecule has 0 aliphatic heterocycles. The van der Waals surface area contributed by atoms with E-state index >= 15 is 0 Å². The molecule has 13 N–H and O–H groups in total. The second-order valence-electron chi connectivity index (χ2n) is 10.8. The predicted octanol–water partition coefficient (Wildman–Crippen LogP) is -12.0. The molecule has 0 unspecified atom stereocenters. The van der Waals surface area contributed by atoms with Crippen LogP contribution in [0.5, 0.6) is 0 Å². The van der Waals surface area contributed by atoms with Gasteiger partial charge in [-0.1, -0.05) is 63.6 Å². The molecule has 0 bridgehead atoms. The second kappa shape index (κ2) is 44.7. The van der Waals surface area contributed by atoms with Crippen LogP contribution >= 0.6 is 0 Å². The third-order valence-corrected chi connectivity index (χ3v) is 12.3. The van der Waals surface area contributed by atoms with Crippen molar-refractivity contribution in [3.05, 3.63) is 0 Å². The van der Waals surface area contributed by atoms with Gasteiger partial charge in [0, 0.05) is 0 Å². The second-order valence-corrected chi connectivity index (χ2v) is 34.1. The Morgan fingerprint density at radius 1 is 0.174 bits per heavy atom. The summed E-state index contributed by atoms with van der Waals surface area (Å²) in [4.78, 5) is 0. The van der Waals surface area contributed by atoms with Crippen molar-refractivity contribution in [2.75, 3.05) is 43.8 Å². The molecule has 67 nitrogen and oxygen atoms in total. The van der Waals surface area contributed by atoms with Crippen LogP contribution in [0.4, 0.5) is 0 Å². The molecule has 0 aromatic rings. The largest absolute Gasteiger partial charge is 0.444 e. The molecule has 0 heterocycles. The highest BCUT2D eigenvalue weighted by Crippen LogP contribution is 2.05. The van der Waals surface area contributed by atoms with Crippen LogP contribution in [0, 0.1) is 0 Å². The Bertz CT molecular complexity index is 3900. The quantitative estimate of drug-likeness (QED) is 0.0206. The first-order chi connectivity index (χ1) is 39.1. The fraction of sp³-hybridized carbons (Fsp3) is 1.00. The third kappa shape index (κ3) is 140. The Balaban J connectivity index is -0.000000103. The molecule has 0 atom stereocenters. The lowest BCUT2D eigenvalue weighted by molar-refractivity contribution is -0.176. The highest BCUT2D eigenvalue weighted by Gasteiger charge is 2.26. The molecule has 0 rings (SSSR count). The maximum atomic E-state index is 10.4. The van der Waals surface area contributed by atoms with Crippen LogP contribution < -0.4 is 0 Å². The highest BCUT2D eigenvalue weighted by atomic mass is 32.3. The zero-order valence-electron chi connectivity index (χ0n) is 42.2. The molecule has 0 aliphatic carbocycles. The van der Waals surface area contributed by atoms with Crippen LogP contribution in [-0.4, -0.2) is 259 Å². The molecule has 0 radical (unpaired) electrons. The third-order valence-electron chi connectivity index (χ3n) is 2.31. The zero-order chi connectivity index (χ0) is 77.7. The van der Waals surface area contributed by atoms with Crippen molar-refractivity contribution in [3.8, 4) is 0 Å². The maximum absolute atomic E-state index is 10.4. The molecule has 92 heavy (non-hydrogen) atoms. The Labute approximate surface area is 515 Å². The lowest BCUT2D eigenvalue weighted by Gasteiger charge is -1.99. The Kier molecular flexibility index (Phi) is 54.1. The van der Waals surface area contributed by atoms with Crippen molar-refractivity contribution in [2.24, 2.45) is 0 Å². The summed E-state index contributed by atoms with van der Waals surface area (Å²) in [7, 11) is -83.8. The van der Waals surface area contributed by atoms with Crippen molar-refractivity contribution in [2.45, 2.75) is 0 Å². The topological polar surface area (TPSA) is 1040 Å². The summed E-state index contributed by atoms with van der Waals surface area (Å²) < 4.78 is 462. The molecule has 572 valence electrons. The molecule has 0 saturated heterocycles. The Morgan fingerprint density at radius 3 is 0.467 bits per heavy atom. The van der Waals surface area contributed by atoms with Gasteiger partial charge in [-0.2, -0.15) is 152 Å².